The minimum absolute atomic E-state index is 0.614. The Balaban J connectivity index is 1.80. The second-order valence-corrected chi connectivity index (χ2v) is 5.59. The van der Waals surface area contributed by atoms with Crippen molar-refractivity contribution < 1.29 is 8.78 Å². The van der Waals surface area contributed by atoms with E-state index in [9.17, 15) is 8.78 Å². The Labute approximate surface area is 114 Å². The molecule has 0 aliphatic carbocycles. The number of benzene rings is 1. The lowest BCUT2D eigenvalue weighted by Gasteiger charge is -2.32. The smallest absolute Gasteiger partial charge is 0.159 e. The van der Waals surface area contributed by atoms with Crippen LogP contribution >= 0.6 is 0 Å². The zero-order valence-electron chi connectivity index (χ0n) is 11.7. The maximum atomic E-state index is 13.2. The number of halogens is 2. The molecular formula is C16H23F2N. The van der Waals surface area contributed by atoms with Crippen LogP contribution in [0.3, 0.4) is 0 Å². The molecule has 3 heteroatoms. The highest BCUT2D eigenvalue weighted by molar-refractivity contribution is 5.18. The van der Waals surface area contributed by atoms with Crippen molar-refractivity contribution in [3.8, 4) is 0 Å². The average Bonchev–Trinajstić information content (AvgIpc) is 2.42. The number of piperidine rings is 1. The van der Waals surface area contributed by atoms with Gasteiger partial charge in [-0.3, -0.25) is 0 Å². The van der Waals surface area contributed by atoms with Crippen LogP contribution in [0.2, 0.25) is 0 Å². The third-order valence-corrected chi connectivity index (χ3v) is 4.04. The van der Waals surface area contributed by atoms with Crippen LogP contribution in [0.15, 0.2) is 18.2 Å². The van der Waals surface area contributed by atoms with Crippen LogP contribution in [-0.4, -0.2) is 24.5 Å². The number of hydrogen-bond acceptors (Lipinski definition) is 1. The molecule has 19 heavy (non-hydrogen) atoms. The molecule has 2 rings (SSSR count). The molecule has 1 aromatic carbocycles. The van der Waals surface area contributed by atoms with Crippen molar-refractivity contribution in [3.63, 3.8) is 0 Å². The monoisotopic (exact) mass is 267 g/mol. The van der Waals surface area contributed by atoms with Gasteiger partial charge in [-0.1, -0.05) is 19.4 Å². The van der Waals surface area contributed by atoms with E-state index in [1.807, 2.05) is 0 Å². The van der Waals surface area contributed by atoms with E-state index in [4.69, 9.17) is 0 Å². The first-order chi connectivity index (χ1) is 9.19. The summed E-state index contributed by atoms with van der Waals surface area (Å²) in [6.07, 6.45) is 5.73. The molecule has 1 aromatic rings. The maximum Gasteiger partial charge on any atom is 0.159 e. The first-order valence-corrected chi connectivity index (χ1v) is 7.35. The van der Waals surface area contributed by atoms with Crippen molar-refractivity contribution in [2.24, 2.45) is 5.92 Å². The van der Waals surface area contributed by atoms with E-state index < -0.39 is 11.6 Å². The van der Waals surface area contributed by atoms with Crippen molar-refractivity contribution in [1.82, 2.24) is 4.90 Å². The second-order valence-electron chi connectivity index (χ2n) is 5.59. The molecule has 0 spiro atoms. The van der Waals surface area contributed by atoms with Crippen molar-refractivity contribution in [2.75, 3.05) is 19.6 Å². The summed E-state index contributed by atoms with van der Waals surface area (Å²) in [6, 6.07) is 4.29. The van der Waals surface area contributed by atoms with Crippen molar-refractivity contribution in [1.29, 1.82) is 0 Å². The highest BCUT2D eigenvalue weighted by Crippen LogP contribution is 2.22. The molecule has 1 aliphatic heterocycles. The Kier molecular flexibility index (Phi) is 5.32. The Bertz CT molecular complexity index is 398. The van der Waals surface area contributed by atoms with Crippen molar-refractivity contribution >= 4 is 0 Å². The Morgan fingerprint density at radius 1 is 1.16 bits per heavy atom. The Morgan fingerprint density at radius 2 is 1.89 bits per heavy atom. The molecule has 1 heterocycles. The average molecular weight is 267 g/mol. The number of unbranched alkanes of at least 4 members (excludes halogenated alkanes) is 1. The first-order valence-electron chi connectivity index (χ1n) is 7.35. The molecule has 0 radical (unpaired) electrons. The van der Waals surface area contributed by atoms with E-state index in [2.05, 4.69) is 11.8 Å². The van der Waals surface area contributed by atoms with Gasteiger partial charge in [0.1, 0.15) is 0 Å². The molecule has 0 bridgehead atoms. The quantitative estimate of drug-likeness (QED) is 0.779. The minimum atomic E-state index is -0.752. The SMILES string of the molecule is CCCCN1CCC(Cc2ccc(F)c(F)c2)CC1. The van der Waals surface area contributed by atoms with Gasteiger partial charge in [-0.15, -0.1) is 0 Å². The van der Waals surface area contributed by atoms with E-state index in [-0.39, 0.29) is 0 Å². The predicted molar refractivity (Wildman–Crippen MR) is 74.1 cm³/mol. The fraction of sp³-hybridized carbons (Fsp3) is 0.625. The largest absolute Gasteiger partial charge is 0.303 e. The molecule has 0 aromatic heterocycles. The lowest BCUT2D eigenvalue weighted by molar-refractivity contribution is 0.182. The van der Waals surface area contributed by atoms with E-state index in [1.165, 1.54) is 44.4 Å². The zero-order chi connectivity index (χ0) is 13.7. The van der Waals surface area contributed by atoms with Crippen LogP contribution in [0, 0.1) is 17.6 Å². The number of nitrogens with zero attached hydrogens (tertiary/aromatic N) is 1. The summed E-state index contributed by atoms with van der Waals surface area (Å²) >= 11 is 0. The molecule has 0 atom stereocenters. The Morgan fingerprint density at radius 3 is 2.53 bits per heavy atom. The van der Waals surface area contributed by atoms with Crippen LogP contribution in [0.1, 0.15) is 38.2 Å². The van der Waals surface area contributed by atoms with Gasteiger partial charge in [-0.05, 0) is 68.9 Å². The van der Waals surface area contributed by atoms with Gasteiger partial charge in [0.2, 0.25) is 0 Å². The molecule has 1 saturated heterocycles. The molecule has 1 fully saturated rings. The summed E-state index contributed by atoms with van der Waals surface area (Å²) in [5.41, 5.74) is 0.922. The molecule has 0 N–H and O–H groups in total. The van der Waals surface area contributed by atoms with Crippen molar-refractivity contribution in [2.45, 2.75) is 39.0 Å². The highest BCUT2D eigenvalue weighted by atomic mass is 19.2. The third kappa shape index (κ3) is 4.27. The fourth-order valence-electron chi connectivity index (χ4n) is 2.80. The van der Waals surface area contributed by atoms with Gasteiger partial charge in [0.05, 0.1) is 0 Å². The number of likely N-dealkylation sites (tertiary alicyclic amines) is 1. The predicted octanol–water partition coefficient (Wildman–Crippen LogP) is 4.02. The van der Waals surface area contributed by atoms with Crippen LogP contribution in [-0.2, 0) is 6.42 Å². The summed E-state index contributed by atoms with van der Waals surface area (Å²) < 4.78 is 26.0. The van der Waals surface area contributed by atoms with E-state index >= 15 is 0 Å². The third-order valence-electron chi connectivity index (χ3n) is 4.04. The molecule has 1 aliphatic rings. The molecule has 1 nitrogen and oxygen atoms in total. The molecule has 0 unspecified atom stereocenters. The topological polar surface area (TPSA) is 3.24 Å². The van der Waals surface area contributed by atoms with Crippen LogP contribution in [0.5, 0.6) is 0 Å². The van der Waals surface area contributed by atoms with Gasteiger partial charge in [0, 0.05) is 0 Å². The van der Waals surface area contributed by atoms with Gasteiger partial charge in [-0.2, -0.15) is 0 Å². The second kappa shape index (κ2) is 6.99. The van der Waals surface area contributed by atoms with E-state index in [0.717, 1.165) is 25.1 Å². The van der Waals surface area contributed by atoms with E-state index in [1.54, 1.807) is 6.07 Å². The summed E-state index contributed by atoms with van der Waals surface area (Å²) in [5.74, 6) is -0.862. The lowest BCUT2D eigenvalue weighted by Crippen LogP contribution is -2.34. The normalized spacial score (nSPS) is 17.8. The van der Waals surface area contributed by atoms with Gasteiger partial charge in [-0.25, -0.2) is 8.78 Å². The summed E-state index contributed by atoms with van der Waals surface area (Å²) in [5, 5.41) is 0. The molecule has 0 amide bonds. The Hall–Kier alpha value is -0.960. The first kappa shape index (κ1) is 14.4. The van der Waals surface area contributed by atoms with Crippen molar-refractivity contribution in [3.05, 3.63) is 35.4 Å². The van der Waals surface area contributed by atoms with Crippen LogP contribution in [0.25, 0.3) is 0 Å². The summed E-state index contributed by atoms with van der Waals surface area (Å²) in [4.78, 5) is 2.52. The molecule has 0 saturated carbocycles. The maximum absolute atomic E-state index is 13.2. The fourth-order valence-corrected chi connectivity index (χ4v) is 2.80. The van der Waals surface area contributed by atoms with Crippen LogP contribution < -0.4 is 0 Å². The van der Waals surface area contributed by atoms with Gasteiger partial charge >= 0.3 is 0 Å². The molecular weight excluding hydrogens is 244 g/mol. The summed E-state index contributed by atoms with van der Waals surface area (Å²) in [6.45, 7) is 5.72. The number of rotatable bonds is 5. The highest BCUT2D eigenvalue weighted by Gasteiger charge is 2.19. The van der Waals surface area contributed by atoms with Crippen LogP contribution in [0.4, 0.5) is 8.78 Å². The van der Waals surface area contributed by atoms with Gasteiger partial charge in [0.25, 0.3) is 0 Å². The van der Waals surface area contributed by atoms with Gasteiger partial charge in [0.15, 0.2) is 11.6 Å². The zero-order valence-corrected chi connectivity index (χ0v) is 11.7. The van der Waals surface area contributed by atoms with Gasteiger partial charge < -0.3 is 4.90 Å². The standard InChI is InChI=1S/C16H23F2N/c1-2-3-8-19-9-6-13(7-10-19)11-14-4-5-15(17)16(18)12-14/h4-5,12-13H,2-3,6-11H2,1H3. The lowest BCUT2D eigenvalue weighted by atomic mass is 9.90. The number of hydrogen-bond donors (Lipinski definition) is 0. The van der Waals surface area contributed by atoms with E-state index in [0.29, 0.717) is 5.92 Å². The molecule has 106 valence electrons. The minimum Gasteiger partial charge on any atom is -0.303 e. The summed E-state index contributed by atoms with van der Waals surface area (Å²) in [7, 11) is 0.